The standard InChI is InChI=1S/C22H21ClF4N2O2/c23-17-2-1-3-18(20(17)24)28-19(12-13-4-10-16(30)11-5-13)29-21(31)14-6-8-15(9-7-14)22(25,26)27/h1-3,6-9,13,16,30H,4-5,10-12H2,(H,28,29,31). The molecule has 2 aromatic carbocycles. The summed E-state index contributed by atoms with van der Waals surface area (Å²) < 4.78 is 52.6. The van der Waals surface area contributed by atoms with Gasteiger partial charge in [-0.3, -0.25) is 4.79 Å². The summed E-state index contributed by atoms with van der Waals surface area (Å²) in [5, 5.41) is 12.2. The number of rotatable bonds is 4. The minimum Gasteiger partial charge on any atom is -0.393 e. The largest absolute Gasteiger partial charge is 0.416 e. The highest BCUT2D eigenvalue weighted by Gasteiger charge is 2.30. The van der Waals surface area contributed by atoms with Gasteiger partial charge in [-0.25, -0.2) is 9.38 Å². The van der Waals surface area contributed by atoms with Crippen LogP contribution in [0, 0.1) is 11.7 Å². The van der Waals surface area contributed by atoms with Crippen LogP contribution in [0.3, 0.4) is 0 Å². The molecular formula is C22H21ClF4N2O2. The maximum absolute atomic E-state index is 14.3. The number of aliphatic hydroxyl groups is 1. The maximum atomic E-state index is 14.3. The van der Waals surface area contributed by atoms with Gasteiger partial charge in [-0.05, 0) is 68.0 Å². The van der Waals surface area contributed by atoms with Crippen molar-refractivity contribution in [3.8, 4) is 0 Å². The van der Waals surface area contributed by atoms with Crippen molar-refractivity contribution in [2.75, 3.05) is 0 Å². The van der Waals surface area contributed by atoms with Crippen LogP contribution in [-0.4, -0.2) is 23.0 Å². The Bertz CT molecular complexity index is 953. The summed E-state index contributed by atoms with van der Waals surface area (Å²) in [7, 11) is 0. The number of alkyl halides is 3. The van der Waals surface area contributed by atoms with Crippen molar-refractivity contribution in [1.82, 2.24) is 5.32 Å². The van der Waals surface area contributed by atoms with Gasteiger partial charge in [0.05, 0.1) is 16.7 Å². The lowest BCUT2D eigenvalue weighted by Gasteiger charge is -2.25. The highest BCUT2D eigenvalue weighted by molar-refractivity contribution is 6.31. The van der Waals surface area contributed by atoms with Crippen molar-refractivity contribution in [2.24, 2.45) is 10.9 Å². The molecule has 166 valence electrons. The van der Waals surface area contributed by atoms with Crippen LogP contribution in [0.25, 0.3) is 0 Å². The number of nitrogens with zero attached hydrogens (tertiary/aromatic N) is 1. The molecule has 0 bridgehead atoms. The molecule has 9 heteroatoms. The molecule has 4 nitrogen and oxygen atoms in total. The highest BCUT2D eigenvalue weighted by atomic mass is 35.5. The average Bonchev–Trinajstić information content (AvgIpc) is 2.72. The minimum atomic E-state index is -4.50. The van der Waals surface area contributed by atoms with E-state index in [1.54, 1.807) is 0 Å². The third kappa shape index (κ3) is 6.27. The van der Waals surface area contributed by atoms with Crippen molar-refractivity contribution in [3.63, 3.8) is 0 Å². The average molecular weight is 457 g/mol. The van der Waals surface area contributed by atoms with Crippen LogP contribution in [0.1, 0.15) is 48.0 Å². The van der Waals surface area contributed by atoms with Crippen LogP contribution in [0.5, 0.6) is 0 Å². The summed E-state index contributed by atoms with van der Waals surface area (Å²) in [4.78, 5) is 16.9. The Kier molecular flexibility index (Phi) is 7.33. The first-order chi connectivity index (χ1) is 14.6. The lowest BCUT2D eigenvalue weighted by Crippen LogP contribution is -2.33. The molecule has 0 unspecified atom stereocenters. The van der Waals surface area contributed by atoms with Crippen molar-refractivity contribution in [1.29, 1.82) is 0 Å². The number of nitrogens with one attached hydrogen (secondary N) is 1. The number of hydrogen-bond donors (Lipinski definition) is 2. The number of amidine groups is 1. The molecule has 0 atom stereocenters. The number of benzene rings is 2. The van der Waals surface area contributed by atoms with Gasteiger partial charge in [-0.1, -0.05) is 17.7 Å². The second-order valence-electron chi connectivity index (χ2n) is 7.54. The monoisotopic (exact) mass is 456 g/mol. The first-order valence-corrected chi connectivity index (χ1v) is 10.2. The van der Waals surface area contributed by atoms with Gasteiger partial charge in [0.1, 0.15) is 11.5 Å². The third-order valence-corrected chi connectivity index (χ3v) is 5.51. The van der Waals surface area contributed by atoms with Gasteiger partial charge in [0.25, 0.3) is 5.91 Å². The Balaban J connectivity index is 1.82. The lowest BCUT2D eigenvalue weighted by molar-refractivity contribution is -0.137. The molecule has 3 rings (SSSR count). The maximum Gasteiger partial charge on any atom is 0.416 e. The zero-order valence-electron chi connectivity index (χ0n) is 16.4. The number of carbonyl (C=O) groups excluding carboxylic acids is 1. The Morgan fingerprint density at radius 3 is 2.35 bits per heavy atom. The Morgan fingerprint density at radius 1 is 1.10 bits per heavy atom. The van der Waals surface area contributed by atoms with E-state index in [1.165, 1.54) is 18.2 Å². The molecule has 31 heavy (non-hydrogen) atoms. The molecule has 1 saturated carbocycles. The SMILES string of the molecule is O=C(NC(CC1CCC(O)CC1)=Nc1cccc(Cl)c1F)c1ccc(C(F)(F)F)cc1. The topological polar surface area (TPSA) is 61.7 Å². The van der Waals surface area contributed by atoms with Gasteiger partial charge in [0.2, 0.25) is 0 Å². The summed E-state index contributed by atoms with van der Waals surface area (Å²) >= 11 is 5.81. The van der Waals surface area contributed by atoms with Crippen LogP contribution in [0.15, 0.2) is 47.5 Å². The Morgan fingerprint density at radius 2 is 1.74 bits per heavy atom. The second-order valence-corrected chi connectivity index (χ2v) is 7.95. The van der Waals surface area contributed by atoms with Crippen LogP contribution in [-0.2, 0) is 6.18 Å². The fraction of sp³-hybridized carbons (Fsp3) is 0.364. The van der Waals surface area contributed by atoms with Crippen LogP contribution in [0.4, 0.5) is 23.2 Å². The number of hydrogen-bond acceptors (Lipinski definition) is 3. The number of aliphatic imine (C=N–C) groups is 1. The van der Waals surface area contributed by atoms with Crippen molar-refractivity contribution < 1.29 is 27.5 Å². The van der Waals surface area contributed by atoms with Gasteiger partial charge >= 0.3 is 6.18 Å². The fourth-order valence-electron chi connectivity index (χ4n) is 3.49. The predicted octanol–water partition coefficient (Wildman–Crippen LogP) is 5.90. The van der Waals surface area contributed by atoms with Gasteiger partial charge in [-0.2, -0.15) is 13.2 Å². The molecule has 1 amide bonds. The summed E-state index contributed by atoms with van der Waals surface area (Å²) in [6, 6.07) is 8.11. The Hall–Kier alpha value is -2.45. The van der Waals surface area contributed by atoms with E-state index in [0.717, 1.165) is 24.3 Å². The van der Waals surface area contributed by atoms with Crippen LogP contribution in [0.2, 0.25) is 5.02 Å². The van der Waals surface area contributed by atoms with E-state index in [0.29, 0.717) is 32.1 Å². The fourth-order valence-corrected chi connectivity index (χ4v) is 3.65. The first kappa shape index (κ1) is 23.2. The number of halogens is 5. The molecule has 2 N–H and O–H groups in total. The number of carbonyl (C=O) groups is 1. The second kappa shape index (κ2) is 9.78. The van der Waals surface area contributed by atoms with E-state index in [2.05, 4.69) is 10.3 Å². The van der Waals surface area contributed by atoms with E-state index in [1.807, 2.05) is 0 Å². The molecule has 0 radical (unpaired) electrons. The molecule has 0 spiro atoms. The van der Waals surface area contributed by atoms with Crippen molar-refractivity contribution in [2.45, 2.75) is 44.4 Å². The molecule has 0 heterocycles. The quantitative estimate of drug-likeness (QED) is 0.342. The normalized spacial score (nSPS) is 19.9. The van der Waals surface area contributed by atoms with E-state index in [4.69, 9.17) is 11.6 Å². The lowest BCUT2D eigenvalue weighted by atomic mass is 9.85. The summed E-state index contributed by atoms with van der Waals surface area (Å²) in [5.41, 5.74) is -0.892. The molecule has 2 aromatic rings. The van der Waals surface area contributed by atoms with E-state index in [9.17, 15) is 27.5 Å². The van der Waals surface area contributed by atoms with E-state index in [-0.39, 0.29) is 34.1 Å². The summed E-state index contributed by atoms with van der Waals surface area (Å²) in [6.07, 6.45) is -1.86. The van der Waals surface area contributed by atoms with Crippen molar-refractivity contribution in [3.05, 3.63) is 64.4 Å². The third-order valence-electron chi connectivity index (χ3n) is 5.22. The molecular weight excluding hydrogens is 436 g/mol. The number of aliphatic hydroxyl groups excluding tert-OH is 1. The summed E-state index contributed by atoms with van der Waals surface area (Å²) in [5.74, 6) is -1.07. The molecule has 0 aromatic heterocycles. The first-order valence-electron chi connectivity index (χ1n) is 9.81. The number of amides is 1. The minimum absolute atomic E-state index is 0.0198. The van der Waals surface area contributed by atoms with Crippen molar-refractivity contribution >= 4 is 29.0 Å². The molecule has 1 fully saturated rings. The van der Waals surface area contributed by atoms with Gasteiger partial charge in [0.15, 0.2) is 5.82 Å². The molecule has 1 aliphatic carbocycles. The molecule has 1 aliphatic rings. The van der Waals surface area contributed by atoms with Gasteiger partial charge in [0, 0.05) is 12.0 Å². The smallest absolute Gasteiger partial charge is 0.393 e. The van der Waals surface area contributed by atoms with E-state index < -0.39 is 23.5 Å². The highest BCUT2D eigenvalue weighted by Crippen LogP contribution is 2.30. The summed E-state index contributed by atoms with van der Waals surface area (Å²) in [6.45, 7) is 0. The zero-order valence-corrected chi connectivity index (χ0v) is 17.2. The van der Waals surface area contributed by atoms with Crippen LogP contribution >= 0.6 is 11.6 Å². The molecule has 0 aliphatic heterocycles. The van der Waals surface area contributed by atoms with Gasteiger partial charge in [-0.15, -0.1) is 0 Å². The van der Waals surface area contributed by atoms with E-state index >= 15 is 0 Å². The Labute approximate surface area is 181 Å². The molecule has 0 saturated heterocycles. The van der Waals surface area contributed by atoms with Gasteiger partial charge < -0.3 is 10.4 Å². The van der Waals surface area contributed by atoms with Crippen LogP contribution < -0.4 is 5.32 Å². The predicted molar refractivity (Wildman–Crippen MR) is 110 cm³/mol. The zero-order chi connectivity index (χ0) is 22.6.